The average Bonchev–Trinajstić information content (AvgIpc) is 2.84. The lowest BCUT2D eigenvalue weighted by Gasteiger charge is -2.08. The Kier molecular flexibility index (Phi) is 5.86. The van der Waals surface area contributed by atoms with Gasteiger partial charge in [0, 0.05) is 47.5 Å². The lowest BCUT2D eigenvalue weighted by Crippen LogP contribution is -2.38. The third-order valence-corrected chi connectivity index (χ3v) is 6.13. The zero-order chi connectivity index (χ0) is 22.8. The fourth-order valence-corrected chi connectivity index (χ4v) is 4.60. The molecule has 0 saturated heterocycles. The number of pyridine rings is 3. The molecule has 33 heavy (non-hydrogen) atoms. The Hall–Kier alpha value is -3.61. The first-order chi connectivity index (χ1) is 16.1. The van der Waals surface area contributed by atoms with Crippen molar-refractivity contribution in [2.24, 2.45) is 0 Å². The molecular formula is C27H27BN3O2+3. The van der Waals surface area contributed by atoms with Crippen LogP contribution in [0.2, 0.25) is 0 Å². The van der Waals surface area contributed by atoms with E-state index in [1.165, 1.54) is 16.3 Å². The molecule has 3 heterocycles. The van der Waals surface area contributed by atoms with Crippen LogP contribution in [-0.4, -0.2) is 17.2 Å². The molecule has 2 aromatic carbocycles. The highest BCUT2D eigenvalue weighted by Gasteiger charge is 2.19. The number of aromatic nitrogens is 3. The van der Waals surface area contributed by atoms with Crippen LogP contribution in [0.3, 0.4) is 0 Å². The van der Waals surface area contributed by atoms with Gasteiger partial charge in [-0.2, -0.15) is 9.13 Å². The van der Waals surface area contributed by atoms with Gasteiger partial charge in [0.25, 0.3) is 0 Å². The van der Waals surface area contributed by atoms with E-state index in [2.05, 4.69) is 75.5 Å². The van der Waals surface area contributed by atoms with E-state index in [1.807, 2.05) is 42.7 Å². The Morgan fingerprint density at radius 2 is 1.27 bits per heavy atom. The van der Waals surface area contributed by atoms with E-state index in [0.29, 0.717) is 18.6 Å². The van der Waals surface area contributed by atoms with E-state index < -0.39 is 7.12 Å². The van der Waals surface area contributed by atoms with Crippen molar-refractivity contribution in [3.8, 4) is 0 Å². The van der Waals surface area contributed by atoms with Gasteiger partial charge in [-0.3, -0.25) is 0 Å². The van der Waals surface area contributed by atoms with Gasteiger partial charge in [-0.15, -0.1) is 0 Å². The topological polar surface area (TPSA) is 52.1 Å². The summed E-state index contributed by atoms with van der Waals surface area (Å²) in [5, 5.41) is 22.2. The summed E-state index contributed by atoms with van der Waals surface area (Å²) >= 11 is 0. The molecule has 0 spiro atoms. The summed E-state index contributed by atoms with van der Waals surface area (Å²) in [6.07, 6.45) is 8.21. The van der Waals surface area contributed by atoms with Gasteiger partial charge in [0.15, 0.2) is 37.9 Å². The Morgan fingerprint density at radius 3 is 1.91 bits per heavy atom. The van der Waals surface area contributed by atoms with E-state index in [-0.39, 0.29) is 0 Å². The van der Waals surface area contributed by atoms with Crippen molar-refractivity contribution >= 4 is 34.4 Å². The normalized spacial score (nSPS) is 11.2. The van der Waals surface area contributed by atoms with Crippen LogP contribution in [0.25, 0.3) is 21.8 Å². The van der Waals surface area contributed by atoms with Crippen molar-refractivity contribution < 1.29 is 23.7 Å². The van der Waals surface area contributed by atoms with Gasteiger partial charge in [0.1, 0.15) is 6.54 Å². The van der Waals surface area contributed by atoms with Crippen molar-refractivity contribution in [2.75, 3.05) is 0 Å². The van der Waals surface area contributed by atoms with Crippen molar-refractivity contribution in [3.05, 3.63) is 109 Å². The predicted octanol–water partition coefficient (Wildman–Crippen LogP) is 1.65. The van der Waals surface area contributed by atoms with Crippen LogP contribution in [0.5, 0.6) is 0 Å². The largest absolute Gasteiger partial charge is 0.488 e. The molecule has 0 amide bonds. The Balaban J connectivity index is 1.57. The molecule has 5 aromatic rings. The van der Waals surface area contributed by atoms with E-state index in [4.69, 9.17) is 0 Å². The number of benzene rings is 2. The summed E-state index contributed by atoms with van der Waals surface area (Å²) in [6, 6.07) is 24.7. The monoisotopic (exact) mass is 436 g/mol. The molecule has 6 heteroatoms. The number of rotatable bonds is 6. The summed E-state index contributed by atoms with van der Waals surface area (Å²) in [6.45, 7) is 4.38. The summed E-state index contributed by atoms with van der Waals surface area (Å²) in [4.78, 5) is 0. The van der Waals surface area contributed by atoms with Crippen LogP contribution >= 0.6 is 0 Å². The van der Waals surface area contributed by atoms with Gasteiger partial charge in [-0.05, 0) is 30.6 Å². The lowest BCUT2D eigenvalue weighted by atomic mass is 9.78. The van der Waals surface area contributed by atoms with Crippen LogP contribution in [0.1, 0.15) is 18.1 Å². The molecular weight excluding hydrogens is 409 g/mol. The van der Waals surface area contributed by atoms with Crippen molar-refractivity contribution in [1.29, 1.82) is 0 Å². The Bertz CT molecular complexity index is 1440. The number of hydrogen-bond acceptors (Lipinski definition) is 2. The SMILES string of the molecule is CC[n+]1cccc2c3ccc[n+](Cc4cc(C[n+]5ccccc5)cc(B(O)O)c4)c3ccc21. The molecule has 0 fully saturated rings. The quantitative estimate of drug-likeness (QED) is 0.242. The van der Waals surface area contributed by atoms with Crippen LogP contribution < -0.4 is 19.2 Å². The Morgan fingerprint density at radius 1 is 0.667 bits per heavy atom. The van der Waals surface area contributed by atoms with Gasteiger partial charge in [0.05, 0.1) is 10.8 Å². The highest BCUT2D eigenvalue weighted by molar-refractivity contribution is 6.58. The number of nitrogens with zero attached hydrogens (tertiary/aromatic N) is 3. The first-order valence-corrected chi connectivity index (χ1v) is 11.3. The molecule has 2 N–H and O–H groups in total. The maximum Gasteiger partial charge on any atom is 0.488 e. The maximum absolute atomic E-state index is 9.88. The second kappa shape index (κ2) is 9.10. The van der Waals surface area contributed by atoms with Crippen LogP contribution in [0, 0.1) is 0 Å². The molecule has 0 saturated carbocycles. The van der Waals surface area contributed by atoms with Crippen molar-refractivity contribution in [2.45, 2.75) is 26.6 Å². The van der Waals surface area contributed by atoms with Gasteiger partial charge >= 0.3 is 7.12 Å². The fourth-order valence-electron chi connectivity index (χ4n) is 4.60. The highest BCUT2D eigenvalue weighted by Crippen LogP contribution is 2.21. The number of fused-ring (bicyclic) bond motifs is 3. The average molecular weight is 436 g/mol. The summed E-state index contributed by atoms with van der Waals surface area (Å²) < 4.78 is 6.55. The molecule has 0 aliphatic heterocycles. The zero-order valence-electron chi connectivity index (χ0n) is 18.7. The van der Waals surface area contributed by atoms with Crippen LogP contribution in [0.4, 0.5) is 0 Å². The molecule has 0 aliphatic carbocycles. The third kappa shape index (κ3) is 4.36. The van der Waals surface area contributed by atoms with Crippen molar-refractivity contribution in [3.63, 3.8) is 0 Å². The Labute approximate surface area is 193 Å². The fraction of sp³-hybridized carbons (Fsp3) is 0.148. The first-order valence-electron chi connectivity index (χ1n) is 11.3. The molecule has 3 aromatic heterocycles. The van der Waals surface area contributed by atoms with E-state index in [0.717, 1.165) is 23.2 Å². The van der Waals surface area contributed by atoms with Gasteiger partial charge in [0.2, 0.25) is 11.0 Å². The lowest BCUT2D eigenvalue weighted by molar-refractivity contribution is -0.688. The first kappa shape index (κ1) is 21.3. The third-order valence-electron chi connectivity index (χ3n) is 6.13. The molecule has 162 valence electrons. The summed E-state index contributed by atoms with van der Waals surface area (Å²) in [5.41, 5.74) is 4.93. The molecule has 0 radical (unpaired) electrons. The van der Waals surface area contributed by atoms with Gasteiger partial charge in [-0.1, -0.05) is 18.2 Å². The van der Waals surface area contributed by atoms with E-state index >= 15 is 0 Å². The van der Waals surface area contributed by atoms with E-state index in [9.17, 15) is 10.0 Å². The van der Waals surface area contributed by atoms with E-state index in [1.54, 1.807) is 0 Å². The molecule has 0 unspecified atom stereocenters. The van der Waals surface area contributed by atoms with Crippen LogP contribution in [0.15, 0.2) is 97.6 Å². The smallest absolute Gasteiger partial charge is 0.423 e. The zero-order valence-corrected chi connectivity index (χ0v) is 18.7. The number of hydrogen-bond donors (Lipinski definition) is 2. The van der Waals surface area contributed by atoms with Gasteiger partial charge in [-0.25, -0.2) is 4.57 Å². The molecule has 0 atom stereocenters. The molecule has 0 aliphatic rings. The predicted molar refractivity (Wildman–Crippen MR) is 129 cm³/mol. The standard InChI is InChI=1S/C27H27BN3O2/c1-2-30-14-6-8-24-25-9-7-15-31(27(25)11-10-26(24)30)20-22-16-21(17-23(18-22)28(32)33)19-29-12-4-3-5-13-29/h3-18,32-33H,2,19-20H2,1H3/q+3. The van der Waals surface area contributed by atoms with Crippen LogP contribution in [-0.2, 0) is 19.6 Å². The summed E-state index contributed by atoms with van der Waals surface area (Å²) in [7, 11) is -1.50. The molecule has 0 bridgehead atoms. The minimum atomic E-state index is -1.50. The maximum atomic E-state index is 9.88. The summed E-state index contributed by atoms with van der Waals surface area (Å²) in [5.74, 6) is 0. The van der Waals surface area contributed by atoms with Gasteiger partial charge < -0.3 is 10.0 Å². The minimum absolute atomic E-state index is 0.509. The highest BCUT2D eigenvalue weighted by atomic mass is 16.4. The minimum Gasteiger partial charge on any atom is -0.423 e. The van der Waals surface area contributed by atoms with Crippen molar-refractivity contribution in [1.82, 2.24) is 0 Å². The second-order valence-corrected chi connectivity index (χ2v) is 8.37. The molecule has 5 nitrogen and oxygen atoms in total. The molecule has 5 rings (SSSR count). The number of aryl methyl sites for hydroxylation is 1. The second-order valence-electron chi connectivity index (χ2n) is 8.37.